The van der Waals surface area contributed by atoms with E-state index in [0.29, 0.717) is 36.8 Å². The number of anilines is 1. The summed E-state index contributed by atoms with van der Waals surface area (Å²) < 4.78 is 10.7. The molecule has 1 heterocycles. The van der Waals surface area contributed by atoms with Gasteiger partial charge in [0.25, 0.3) is 5.91 Å². The van der Waals surface area contributed by atoms with Gasteiger partial charge in [-0.1, -0.05) is 0 Å². The second kappa shape index (κ2) is 8.11. The van der Waals surface area contributed by atoms with Crippen LogP contribution in [0.4, 0.5) is 5.95 Å². The molecule has 8 nitrogen and oxygen atoms in total. The van der Waals surface area contributed by atoms with E-state index in [1.54, 1.807) is 49.7 Å². The van der Waals surface area contributed by atoms with Gasteiger partial charge in [-0.05, 0) is 12.1 Å². The van der Waals surface area contributed by atoms with Crippen molar-refractivity contribution in [2.45, 2.75) is 6.54 Å². The highest BCUT2D eigenvalue weighted by atomic mass is 16.5. The summed E-state index contributed by atoms with van der Waals surface area (Å²) in [5.41, 5.74) is 12.1. The maximum absolute atomic E-state index is 12.7. The number of carbonyl (C=O) groups excluding carboxylic acids is 1. The predicted molar refractivity (Wildman–Crippen MR) is 89.8 cm³/mol. The summed E-state index contributed by atoms with van der Waals surface area (Å²) in [7, 11) is 3.24. The fourth-order valence-electron chi connectivity index (χ4n) is 2.09. The van der Waals surface area contributed by atoms with Gasteiger partial charge in [0, 0.05) is 44.2 Å². The molecule has 128 valence electrons. The minimum Gasteiger partial charge on any atom is -0.497 e. The molecular weight excluding hydrogens is 310 g/mol. The number of rotatable bonds is 7. The highest BCUT2D eigenvalue weighted by Gasteiger charge is 2.18. The molecule has 0 aliphatic rings. The normalized spacial score (nSPS) is 10.3. The van der Waals surface area contributed by atoms with Crippen molar-refractivity contribution < 1.29 is 14.3 Å². The first-order valence-corrected chi connectivity index (χ1v) is 7.38. The van der Waals surface area contributed by atoms with Gasteiger partial charge in [0.1, 0.15) is 18.1 Å². The Balaban J connectivity index is 2.18. The van der Waals surface area contributed by atoms with Crippen molar-refractivity contribution >= 4 is 11.9 Å². The van der Waals surface area contributed by atoms with Crippen LogP contribution in [-0.2, 0) is 6.54 Å². The molecule has 1 aromatic carbocycles. The molecule has 0 bridgehead atoms. The van der Waals surface area contributed by atoms with Crippen LogP contribution in [0.15, 0.2) is 30.6 Å². The molecule has 0 unspecified atom stereocenters. The summed E-state index contributed by atoms with van der Waals surface area (Å²) in [6, 6.07) is 5.05. The zero-order valence-electron chi connectivity index (χ0n) is 13.7. The lowest BCUT2D eigenvalue weighted by atomic mass is 10.1. The van der Waals surface area contributed by atoms with Crippen LogP contribution < -0.4 is 20.9 Å². The van der Waals surface area contributed by atoms with Gasteiger partial charge in [0.2, 0.25) is 5.95 Å². The maximum atomic E-state index is 12.7. The van der Waals surface area contributed by atoms with Gasteiger partial charge >= 0.3 is 0 Å². The molecule has 2 aromatic rings. The van der Waals surface area contributed by atoms with E-state index < -0.39 is 0 Å². The molecule has 8 heteroatoms. The van der Waals surface area contributed by atoms with E-state index >= 15 is 0 Å². The van der Waals surface area contributed by atoms with E-state index in [0.717, 1.165) is 5.56 Å². The van der Waals surface area contributed by atoms with Gasteiger partial charge in [-0.2, -0.15) is 0 Å². The molecule has 0 saturated heterocycles. The zero-order valence-corrected chi connectivity index (χ0v) is 13.7. The molecule has 0 fully saturated rings. The summed E-state index contributed by atoms with van der Waals surface area (Å²) in [5.74, 6) is 1.04. The number of nitrogens with two attached hydrogens (primary N) is 2. The Kier molecular flexibility index (Phi) is 5.91. The van der Waals surface area contributed by atoms with Gasteiger partial charge in [0.15, 0.2) is 0 Å². The van der Waals surface area contributed by atoms with Crippen LogP contribution >= 0.6 is 0 Å². The number of amides is 1. The van der Waals surface area contributed by atoms with Gasteiger partial charge in [-0.3, -0.25) is 4.79 Å². The first-order valence-electron chi connectivity index (χ1n) is 7.38. The van der Waals surface area contributed by atoms with Gasteiger partial charge in [0.05, 0.1) is 12.7 Å². The lowest BCUT2D eigenvalue weighted by molar-refractivity contribution is 0.0780. The number of hydrogen-bond acceptors (Lipinski definition) is 7. The maximum Gasteiger partial charge on any atom is 0.257 e. The lowest BCUT2D eigenvalue weighted by Crippen LogP contribution is -2.27. The van der Waals surface area contributed by atoms with Crippen molar-refractivity contribution in [3.05, 3.63) is 41.7 Å². The third-order valence-corrected chi connectivity index (χ3v) is 3.29. The Morgan fingerprint density at radius 1 is 1.29 bits per heavy atom. The average Bonchev–Trinajstić information content (AvgIpc) is 2.60. The number of nitrogens with zero attached hydrogens (tertiary/aromatic N) is 3. The van der Waals surface area contributed by atoms with Crippen molar-refractivity contribution in [2.75, 3.05) is 33.0 Å². The molecule has 2 rings (SSSR count). The van der Waals surface area contributed by atoms with Crippen molar-refractivity contribution in [1.82, 2.24) is 14.9 Å². The Bertz CT molecular complexity index is 691. The molecule has 4 N–H and O–H groups in total. The number of aromatic nitrogens is 2. The van der Waals surface area contributed by atoms with Crippen LogP contribution in [0.3, 0.4) is 0 Å². The Hall–Kier alpha value is -2.87. The van der Waals surface area contributed by atoms with Gasteiger partial charge < -0.3 is 25.8 Å². The van der Waals surface area contributed by atoms with E-state index in [2.05, 4.69) is 9.97 Å². The average molecular weight is 331 g/mol. The summed E-state index contributed by atoms with van der Waals surface area (Å²) in [6.45, 7) is 1.01. The lowest BCUT2D eigenvalue weighted by Gasteiger charge is -2.19. The number of methoxy groups -OCH3 is 1. The molecule has 0 radical (unpaired) electrons. The molecule has 24 heavy (non-hydrogen) atoms. The summed E-state index contributed by atoms with van der Waals surface area (Å²) in [6.07, 6.45) is 3.18. The van der Waals surface area contributed by atoms with Crippen LogP contribution in [0.2, 0.25) is 0 Å². The Morgan fingerprint density at radius 3 is 2.62 bits per heavy atom. The quantitative estimate of drug-likeness (QED) is 0.766. The number of ether oxygens (including phenoxy) is 2. The second-order valence-corrected chi connectivity index (χ2v) is 5.11. The fraction of sp³-hybridized carbons (Fsp3) is 0.312. The third-order valence-electron chi connectivity index (χ3n) is 3.29. The number of carbonyl (C=O) groups is 1. The zero-order chi connectivity index (χ0) is 17.5. The summed E-state index contributed by atoms with van der Waals surface area (Å²) in [4.78, 5) is 22.1. The molecule has 0 spiro atoms. The molecule has 0 atom stereocenters. The van der Waals surface area contributed by atoms with E-state index in [1.807, 2.05) is 0 Å². The van der Waals surface area contributed by atoms with Crippen LogP contribution in [0, 0.1) is 0 Å². The minimum atomic E-state index is -0.193. The smallest absolute Gasteiger partial charge is 0.257 e. The van der Waals surface area contributed by atoms with Gasteiger partial charge in [-0.25, -0.2) is 9.97 Å². The van der Waals surface area contributed by atoms with Crippen LogP contribution in [-0.4, -0.2) is 48.1 Å². The molecule has 0 saturated carbocycles. The number of nitrogen functional groups attached to an aromatic ring is 1. The monoisotopic (exact) mass is 331 g/mol. The first kappa shape index (κ1) is 17.5. The fourth-order valence-corrected chi connectivity index (χ4v) is 2.09. The number of hydrogen-bond donors (Lipinski definition) is 2. The largest absolute Gasteiger partial charge is 0.497 e. The second-order valence-electron chi connectivity index (χ2n) is 5.11. The standard InChI is InChI=1S/C16H21N5O3/c1-21(10-11-8-19-16(18)20-9-11)15(22)13-4-3-12(23-2)7-14(13)24-6-5-17/h3-4,7-9H,5-6,10,17H2,1-2H3,(H2,18,19,20). The Morgan fingerprint density at radius 2 is 2.00 bits per heavy atom. The molecule has 0 aliphatic carbocycles. The topological polar surface area (TPSA) is 117 Å². The molecule has 0 aliphatic heterocycles. The predicted octanol–water partition coefficient (Wildman–Crippen LogP) is 0.677. The highest BCUT2D eigenvalue weighted by molar-refractivity contribution is 5.97. The molecule has 1 amide bonds. The van der Waals surface area contributed by atoms with Crippen molar-refractivity contribution in [2.24, 2.45) is 5.73 Å². The van der Waals surface area contributed by atoms with Crippen LogP contribution in [0.5, 0.6) is 11.5 Å². The van der Waals surface area contributed by atoms with Crippen molar-refractivity contribution in [3.8, 4) is 11.5 Å². The van der Waals surface area contributed by atoms with E-state index in [4.69, 9.17) is 20.9 Å². The van der Waals surface area contributed by atoms with E-state index in [1.165, 1.54) is 0 Å². The minimum absolute atomic E-state index is 0.193. The molecule has 1 aromatic heterocycles. The highest BCUT2D eigenvalue weighted by Crippen LogP contribution is 2.26. The Labute approximate surface area is 140 Å². The third kappa shape index (κ3) is 4.32. The van der Waals surface area contributed by atoms with Crippen LogP contribution in [0.1, 0.15) is 15.9 Å². The van der Waals surface area contributed by atoms with Gasteiger partial charge in [-0.15, -0.1) is 0 Å². The van der Waals surface area contributed by atoms with Crippen LogP contribution in [0.25, 0.3) is 0 Å². The number of benzene rings is 1. The van der Waals surface area contributed by atoms with E-state index in [9.17, 15) is 4.79 Å². The van der Waals surface area contributed by atoms with E-state index in [-0.39, 0.29) is 11.9 Å². The first-order chi connectivity index (χ1) is 11.5. The SMILES string of the molecule is COc1ccc(C(=O)N(C)Cc2cnc(N)nc2)c(OCCN)c1. The summed E-state index contributed by atoms with van der Waals surface area (Å²) >= 11 is 0. The molecular formula is C16H21N5O3. The summed E-state index contributed by atoms with van der Waals surface area (Å²) in [5, 5.41) is 0. The van der Waals surface area contributed by atoms with Crippen molar-refractivity contribution in [1.29, 1.82) is 0 Å². The van der Waals surface area contributed by atoms with Crippen molar-refractivity contribution in [3.63, 3.8) is 0 Å².